The van der Waals surface area contributed by atoms with E-state index in [4.69, 9.17) is 4.74 Å². The molecule has 2 rings (SSSR count). The van der Waals surface area contributed by atoms with E-state index in [9.17, 15) is 8.78 Å². The highest BCUT2D eigenvalue weighted by Crippen LogP contribution is 2.34. The Bertz CT molecular complexity index is 492. The van der Waals surface area contributed by atoms with Crippen LogP contribution in [-0.2, 0) is 0 Å². The van der Waals surface area contributed by atoms with Gasteiger partial charge in [-0.05, 0) is 42.9 Å². The van der Waals surface area contributed by atoms with Crippen LogP contribution in [0.1, 0.15) is 24.8 Å². The third-order valence-corrected chi connectivity index (χ3v) is 3.40. The maximum atomic E-state index is 13.9. The topological polar surface area (TPSA) is 9.23 Å². The summed E-state index contributed by atoms with van der Waals surface area (Å²) >= 11 is 0. The van der Waals surface area contributed by atoms with Crippen molar-refractivity contribution in [3.63, 3.8) is 0 Å². The molecule has 3 heteroatoms. The molecule has 18 heavy (non-hydrogen) atoms. The Morgan fingerprint density at radius 2 is 2.11 bits per heavy atom. The van der Waals surface area contributed by atoms with Crippen molar-refractivity contribution < 1.29 is 13.5 Å². The second kappa shape index (κ2) is 5.34. The number of ether oxygens (including phenoxy) is 1. The predicted octanol–water partition coefficient (Wildman–Crippen LogP) is 4.34. The second-order valence-corrected chi connectivity index (χ2v) is 4.44. The monoisotopic (exact) mass is 250 g/mol. The zero-order valence-corrected chi connectivity index (χ0v) is 10.4. The van der Waals surface area contributed by atoms with Gasteiger partial charge in [0, 0.05) is 5.56 Å². The summed E-state index contributed by atoms with van der Waals surface area (Å²) in [5, 5.41) is 0. The van der Waals surface area contributed by atoms with E-state index in [1.807, 2.05) is 12.2 Å². The SMILES string of the molecule is C=CC1CC=C(c2ccc(OC)c(F)c2F)CC1. The Kier molecular flexibility index (Phi) is 3.80. The fourth-order valence-electron chi connectivity index (χ4n) is 2.25. The van der Waals surface area contributed by atoms with Crippen LogP contribution < -0.4 is 4.74 Å². The third kappa shape index (κ3) is 2.30. The number of benzene rings is 1. The van der Waals surface area contributed by atoms with Crippen LogP contribution >= 0.6 is 0 Å². The summed E-state index contributed by atoms with van der Waals surface area (Å²) in [6.07, 6.45) is 6.41. The molecule has 1 nitrogen and oxygen atoms in total. The van der Waals surface area contributed by atoms with Crippen molar-refractivity contribution in [2.45, 2.75) is 19.3 Å². The number of halogens is 2. The van der Waals surface area contributed by atoms with Crippen molar-refractivity contribution in [2.75, 3.05) is 7.11 Å². The maximum Gasteiger partial charge on any atom is 0.201 e. The number of hydrogen-bond donors (Lipinski definition) is 0. The van der Waals surface area contributed by atoms with Crippen LogP contribution in [0, 0.1) is 17.6 Å². The molecule has 1 unspecified atom stereocenters. The van der Waals surface area contributed by atoms with Gasteiger partial charge in [0.1, 0.15) is 0 Å². The highest BCUT2D eigenvalue weighted by molar-refractivity contribution is 5.67. The largest absolute Gasteiger partial charge is 0.494 e. The Morgan fingerprint density at radius 1 is 1.33 bits per heavy atom. The average molecular weight is 250 g/mol. The van der Waals surface area contributed by atoms with Crippen molar-refractivity contribution in [2.24, 2.45) is 5.92 Å². The van der Waals surface area contributed by atoms with Gasteiger partial charge in [-0.1, -0.05) is 12.2 Å². The van der Waals surface area contributed by atoms with Gasteiger partial charge < -0.3 is 4.74 Å². The lowest BCUT2D eigenvalue weighted by molar-refractivity contribution is 0.371. The summed E-state index contributed by atoms with van der Waals surface area (Å²) in [4.78, 5) is 0. The lowest BCUT2D eigenvalue weighted by atomic mass is 9.86. The molecule has 0 bridgehead atoms. The minimum atomic E-state index is -0.915. The molecule has 0 fully saturated rings. The van der Waals surface area contributed by atoms with Crippen molar-refractivity contribution in [3.05, 3.63) is 48.1 Å². The first-order chi connectivity index (χ1) is 8.67. The molecular weight excluding hydrogens is 234 g/mol. The summed E-state index contributed by atoms with van der Waals surface area (Å²) in [6, 6.07) is 3.05. The van der Waals surface area contributed by atoms with Crippen molar-refractivity contribution in [3.8, 4) is 5.75 Å². The molecule has 0 N–H and O–H groups in total. The van der Waals surface area contributed by atoms with E-state index in [1.54, 1.807) is 6.07 Å². The molecule has 1 aliphatic rings. The molecule has 0 radical (unpaired) electrons. The normalized spacial score (nSPS) is 19.3. The van der Waals surface area contributed by atoms with Crippen molar-refractivity contribution in [1.29, 1.82) is 0 Å². The molecule has 0 saturated carbocycles. The molecule has 0 heterocycles. The zero-order chi connectivity index (χ0) is 13.1. The van der Waals surface area contributed by atoms with Crippen molar-refractivity contribution >= 4 is 5.57 Å². The second-order valence-electron chi connectivity index (χ2n) is 4.44. The summed E-state index contributed by atoms with van der Waals surface area (Å²) in [5.41, 5.74) is 1.21. The molecule has 0 amide bonds. The highest BCUT2D eigenvalue weighted by atomic mass is 19.2. The maximum absolute atomic E-state index is 13.9. The lowest BCUT2D eigenvalue weighted by Crippen LogP contribution is -2.04. The summed E-state index contributed by atoms with van der Waals surface area (Å²) in [7, 11) is 1.33. The van der Waals surface area contributed by atoms with Gasteiger partial charge in [-0.15, -0.1) is 6.58 Å². The Labute approximate surface area is 106 Å². The van der Waals surface area contributed by atoms with E-state index in [-0.39, 0.29) is 5.75 Å². The van der Waals surface area contributed by atoms with Gasteiger partial charge >= 0.3 is 0 Å². The molecule has 0 saturated heterocycles. The van der Waals surface area contributed by atoms with Crippen molar-refractivity contribution in [1.82, 2.24) is 0 Å². The fourth-order valence-corrected chi connectivity index (χ4v) is 2.25. The Morgan fingerprint density at radius 3 is 2.67 bits per heavy atom. The first-order valence-electron chi connectivity index (χ1n) is 6.01. The van der Waals surface area contributed by atoms with Gasteiger partial charge in [0.15, 0.2) is 11.6 Å². The molecule has 0 aliphatic heterocycles. The van der Waals surface area contributed by atoms with Crippen LogP contribution in [0.2, 0.25) is 0 Å². The molecule has 0 spiro atoms. The fraction of sp³-hybridized carbons (Fsp3) is 0.333. The van der Waals surface area contributed by atoms with E-state index in [0.717, 1.165) is 24.8 Å². The number of allylic oxidation sites excluding steroid dienone is 3. The van der Waals surface area contributed by atoms with Gasteiger partial charge in [0.05, 0.1) is 7.11 Å². The summed E-state index contributed by atoms with van der Waals surface area (Å²) in [5.74, 6) is -1.35. The number of methoxy groups -OCH3 is 1. The van der Waals surface area contributed by atoms with Gasteiger partial charge in [0.2, 0.25) is 5.82 Å². The number of rotatable bonds is 3. The summed E-state index contributed by atoms with van der Waals surface area (Å²) < 4.78 is 32.3. The van der Waals surface area contributed by atoms with E-state index < -0.39 is 11.6 Å². The van der Waals surface area contributed by atoms with Crippen LogP contribution in [0.25, 0.3) is 5.57 Å². The Hall–Kier alpha value is -1.64. The van der Waals surface area contributed by atoms with Gasteiger partial charge in [0.25, 0.3) is 0 Å². The molecule has 1 aromatic carbocycles. The average Bonchev–Trinajstić information content (AvgIpc) is 2.42. The number of hydrogen-bond acceptors (Lipinski definition) is 1. The molecule has 1 aliphatic carbocycles. The first-order valence-corrected chi connectivity index (χ1v) is 6.01. The van der Waals surface area contributed by atoms with Crippen LogP contribution in [0.15, 0.2) is 30.9 Å². The molecular formula is C15H16F2O. The van der Waals surface area contributed by atoms with Gasteiger partial charge in [-0.25, -0.2) is 4.39 Å². The van der Waals surface area contributed by atoms with Crippen LogP contribution in [0.5, 0.6) is 5.75 Å². The predicted molar refractivity (Wildman–Crippen MR) is 68.4 cm³/mol. The van der Waals surface area contributed by atoms with E-state index in [0.29, 0.717) is 11.5 Å². The minimum absolute atomic E-state index is 0.0587. The summed E-state index contributed by atoms with van der Waals surface area (Å²) in [6.45, 7) is 3.76. The van der Waals surface area contributed by atoms with E-state index in [2.05, 4.69) is 6.58 Å². The smallest absolute Gasteiger partial charge is 0.201 e. The lowest BCUT2D eigenvalue weighted by Gasteiger charge is -2.19. The van der Waals surface area contributed by atoms with Gasteiger partial charge in [-0.3, -0.25) is 0 Å². The third-order valence-electron chi connectivity index (χ3n) is 3.40. The van der Waals surface area contributed by atoms with E-state index >= 15 is 0 Å². The quantitative estimate of drug-likeness (QED) is 0.725. The van der Waals surface area contributed by atoms with Crippen LogP contribution in [0.4, 0.5) is 8.78 Å². The Balaban J connectivity index is 2.32. The highest BCUT2D eigenvalue weighted by Gasteiger charge is 2.19. The standard InChI is InChI=1S/C15H16F2O/c1-3-10-4-6-11(7-5-10)12-8-9-13(18-2)15(17)14(12)16/h3,6,8-10H,1,4-5,7H2,2H3. The van der Waals surface area contributed by atoms with Gasteiger partial charge in [-0.2, -0.15) is 4.39 Å². The zero-order valence-electron chi connectivity index (χ0n) is 10.4. The molecule has 1 atom stereocenters. The van der Waals surface area contributed by atoms with Crippen LogP contribution in [0.3, 0.4) is 0 Å². The first kappa shape index (κ1) is 12.8. The molecule has 1 aromatic rings. The minimum Gasteiger partial charge on any atom is -0.494 e. The molecule has 0 aromatic heterocycles. The van der Waals surface area contributed by atoms with Crippen LogP contribution in [-0.4, -0.2) is 7.11 Å². The molecule has 96 valence electrons. The van der Waals surface area contributed by atoms with E-state index in [1.165, 1.54) is 13.2 Å².